The molecule has 1 fully saturated rings. The fraction of sp³-hybridized carbons (Fsp3) is 0.375. The van der Waals surface area contributed by atoms with Gasteiger partial charge in [-0.05, 0) is 60.1 Å². The molecule has 0 unspecified atom stereocenters. The molecule has 2 aromatic rings. The number of hydrogen-bond acceptors (Lipinski definition) is 5. The highest BCUT2D eigenvalue weighted by Crippen LogP contribution is 2.31. The minimum absolute atomic E-state index is 0.445. The van der Waals surface area contributed by atoms with Crippen LogP contribution in [-0.4, -0.2) is 28.3 Å². The lowest BCUT2D eigenvalue weighted by Crippen LogP contribution is -2.34. The van der Waals surface area contributed by atoms with E-state index in [1.165, 1.54) is 0 Å². The van der Waals surface area contributed by atoms with Gasteiger partial charge in [0.1, 0.15) is 11.9 Å². The van der Waals surface area contributed by atoms with E-state index < -0.39 is 0 Å². The van der Waals surface area contributed by atoms with Crippen LogP contribution in [0.1, 0.15) is 35.6 Å². The van der Waals surface area contributed by atoms with E-state index in [4.69, 9.17) is 0 Å². The van der Waals surface area contributed by atoms with Crippen molar-refractivity contribution in [2.45, 2.75) is 25.7 Å². The smallest absolute Gasteiger partial charge is 0.146 e. The second-order valence-electron chi connectivity index (χ2n) is 5.45. The molecular formula is C16H16IN5. The second kappa shape index (κ2) is 6.57. The van der Waals surface area contributed by atoms with E-state index in [0.29, 0.717) is 11.5 Å². The molecule has 0 atom stereocenters. The minimum atomic E-state index is 0.445. The summed E-state index contributed by atoms with van der Waals surface area (Å²) in [5.74, 6) is 1.26. The normalized spacial score (nSPS) is 15.6. The monoisotopic (exact) mass is 405 g/mol. The van der Waals surface area contributed by atoms with Gasteiger partial charge in [-0.3, -0.25) is 0 Å². The Kier molecular flexibility index (Phi) is 4.52. The van der Waals surface area contributed by atoms with Crippen molar-refractivity contribution in [3.63, 3.8) is 0 Å². The van der Waals surface area contributed by atoms with Gasteiger partial charge in [0.2, 0.25) is 0 Å². The Morgan fingerprint density at radius 2 is 2.14 bits per heavy atom. The first kappa shape index (κ1) is 15.2. The number of rotatable bonds is 2. The number of nitriles is 1. The molecule has 0 N–H and O–H groups in total. The molecule has 3 heterocycles. The first-order valence-electron chi connectivity index (χ1n) is 7.28. The molecule has 2 aromatic heterocycles. The average Bonchev–Trinajstić information content (AvgIpc) is 2.58. The lowest BCUT2D eigenvalue weighted by molar-refractivity contribution is 0.489. The lowest BCUT2D eigenvalue weighted by Gasteiger charge is -2.33. The summed E-state index contributed by atoms with van der Waals surface area (Å²) >= 11 is 2.22. The van der Waals surface area contributed by atoms with Gasteiger partial charge in [-0.1, -0.05) is 0 Å². The van der Waals surface area contributed by atoms with Crippen molar-refractivity contribution in [1.29, 1.82) is 5.26 Å². The topological polar surface area (TPSA) is 65.7 Å². The van der Waals surface area contributed by atoms with Gasteiger partial charge in [-0.15, -0.1) is 0 Å². The van der Waals surface area contributed by atoms with Crippen LogP contribution in [0, 0.1) is 21.8 Å². The lowest BCUT2D eigenvalue weighted by atomic mass is 9.93. The van der Waals surface area contributed by atoms with Gasteiger partial charge < -0.3 is 4.90 Å². The molecule has 0 bridgehead atoms. The summed E-state index contributed by atoms with van der Waals surface area (Å²) in [6.45, 7) is 3.77. The molecule has 6 heteroatoms. The number of pyridine rings is 1. The van der Waals surface area contributed by atoms with Crippen LogP contribution >= 0.6 is 22.6 Å². The van der Waals surface area contributed by atoms with Crippen LogP contribution in [-0.2, 0) is 0 Å². The molecule has 0 radical (unpaired) electrons. The molecule has 3 rings (SSSR count). The van der Waals surface area contributed by atoms with E-state index in [2.05, 4.69) is 48.7 Å². The van der Waals surface area contributed by atoms with Crippen molar-refractivity contribution < 1.29 is 0 Å². The van der Waals surface area contributed by atoms with Crippen molar-refractivity contribution >= 4 is 28.4 Å². The van der Waals surface area contributed by atoms with Gasteiger partial charge in [0, 0.05) is 35.0 Å². The molecule has 1 aliphatic heterocycles. The minimum Gasteiger partial charge on any atom is -0.355 e. The number of nitrogens with zero attached hydrogens (tertiary/aromatic N) is 5. The Hall–Kier alpha value is -1.75. The molecule has 0 amide bonds. The molecule has 112 valence electrons. The third kappa shape index (κ3) is 2.90. The van der Waals surface area contributed by atoms with Crippen molar-refractivity contribution in [2.75, 3.05) is 18.0 Å². The maximum Gasteiger partial charge on any atom is 0.146 e. The van der Waals surface area contributed by atoms with Crippen molar-refractivity contribution in [3.05, 3.63) is 44.9 Å². The SMILES string of the molecule is Cc1c(I)cnc(N2CCC(c3cccnn3)CC2)c1C#N. The predicted molar refractivity (Wildman–Crippen MR) is 92.6 cm³/mol. The van der Waals surface area contributed by atoms with Crippen LogP contribution in [0.5, 0.6) is 0 Å². The number of anilines is 1. The van der Waals surface area contributed by atoms with E-state index in [9.17, 15) is 5.26 Å². The van der Waals surface area contributed by atoms with Crippen LogP contribution in [0.3, 0.4) is 0 Å². The first-order chi connectivity index (χ1) is 10.7. The molecule has 1 saturated heterocycles. The number of aromatic nitrogens is 3. The Morgan fingerprint density at radius 3 is 2.77 bits per heavy atom. The third-order valence-corrected chi connectivity index (χ3v) is 5.26. The van der Waals surface area contributed by atoms with E-state index in [1.807, 2.05) is 25.3 Å². The van der Waals surface area contributed by atoms with Crippen molar-refractivity contribution in [2.24, 2.45) is 0 Å². The fourth-order valence-corrected chi connectivity index (χ4v) is 3.27. The quantitative estimate of drug-likeness (QED) is 0.719. The fourth-order valence-electron chi connectivity index (χ4n) is 2.86. The standard InChI is InChI=1S/C16H16IN5/c1-11-13(9-18)16(19-10-14(11)17)22-7-4-12(5-8-22)15-3-2-6-20-21-15/h2-3,6,10,12H,4-5,7-8H2,1H3. The number of hydrogen-bond donors (Lipinski definition) is 0. The van der Waals surface area contributed by atoms with Crippen molar-refractivity contribution in [3.8, 4) is 6.07 Å². The van der Waals surface area contributed by atoms with E-state index >= 15 is 0 Å². The highest BCUT2D eigenvalue weighted by atomic mass is 127. The van der Waals surface area contributed by atoms with Gasteiger partial charge >= 0.3 is 0 Å². The molecule has 0 saturated carbocycles. The van der Waals surface area contributed by atoms with Crippen LogP contribution in [0.15, 0.2) is 24.5 Å². The summed E-state index contributed by atoms with van der Waals surface area (Å²) in [6.07, 6.45) is 5.57. The predicted octanol–water partition coefficient (Wildman–Crippen LogP) is 3.04. The van der Waals surface area contributed by atoms with Crippen LogP contribution in [0.25, 0.3) is 0 Å². The molecule has 5 nitrogen and oxygen atoms in total. The number of halogens is 1. The van der Waals surface area contributed by atoms with E-state index in [-0.39, 0.29) is 0 Å². The summed E-state index contributed by atoms with van der Waals surface area (Å²) in [5.41, 5.74) is 2.78. The van der Waals surface area contributed by atoms with E-state index in [0.717, 1.165) is 46.6 Å². The van der Waals surface area contributed by atoms with Gasteiger partial charge in [0.15, 0.2) is 0 Å². The molecule has 0 spiro atoms. The van der Waals surface area contributed by atoms with E-state index in [1.54, 1.807) is 6.20 Å². The first-order valence-corrected chi connectivity index (χ1v) is 8.36. The summed E-state index contributed by atoms with van der Waals surface area (Å²) in [5, 5.41) is 17.6. The highest BCUT2D eigenvalue weighted by molar-refractivity contribution is 14.1. The summed E-state index contributed by atoms with van der Waals surface area (Å²) < 4.78 is 1.03. The van der Waals surface area contributed by atoms with Crippen LogP contribution in [0.4, 0.5) is 5.82 Å². The van der Waals surface area contributed by atoms with Gasteiger partial charge in [0.05, 0.1) is 11.3 Å². The Balaban J connectivity index is 1.78. The molecule has 22 heavy (non-hydrogen) atoms. The maximum atomic E-state index is 9.45. The zero-order valence-electron chi connectivity index (χ0n) is 12.3. The summed E-state index contributed by atoms with van der Waals surface area (Å²) in [4.78, 5) is 6.72. The number of piperidine rings is 1. The third-order valence-electron chi connectivity index (χ3n) is 4.17. The molecule has 1 aliphatic rings. The Labute approximate surface area is 143 Å². The zero-order valence-corrected chi connectivity index (χ0v) is 14.5. The summed E-state index contributed by atoms with van der Waals surface area (Å²) in [6, 6.07) is 6.29. The second-order valence-corrected chi connectivity index (χ2v) is 6.61. The van der Waals surface area contributed by atoms with Crippen LogP contribution in [0.2, 0.25) is 0 Å². The molecule has 0 aromatic carbocycles. The zero-order chi connectivity index (χ0) is 15.5. The highest BCUT2D eigenvalue weighted by Gasteiger charge is 2.25. The largest absolute Gasteiger partial charge is 0.355 e. The Morgan fingerprint density at radius 1 is 1.36 bits per heavy atom. The van der Waals surface area contributed by atoms with Gasteiger partial charge in [-0.25, -0.2) is 4.98 Å². The molecule has 0 aliphatic carbocycles. The Bertz CT molecular complexity index is 702. The van der Waals surface area contributed by atoms with Crippen LogP contribution < -0.4 is 4.90 Å². The van der Waals surface area contributed by atoms with Gasteiger partial charge in [0.25, 0.3) is 0 Å². The average molecular weight is 405 g/mol. The maximum absolute atomic E-state index is 9.45. The van der Waals surface area contributed by atoms with Crippen molar-refractivity contribution in [1.82, 2.24) is 15.2 Å². The molecular weight excluding hydrogens is 389 g/mol. The van der Waals surface area contributed by atoms with Gasteiger partial charge in [-0.2, -0.15) is 15.5 Å². The summed E-state index contributed by atoms with van der Waals surface area (Å²) in [7, 11) is 0.